The van der Waals surface area contributed by atoms with Gasteiger partial charge in [0.2, 0.25) is 5.89 Å². The SMILES string of the molecule is CCCCN(Cn1nc(-c2ccc(Br)cc2)oc1=S)[C@H]1CCS(=O)(=O)C1. The summed E-state index contributed by atoms with van der Waals surface area (Å²) < 4.78 is 32.0. The summed E-state index contributed by atoms with van der Waals surface area (Å²) in [6.07, 6.45) is 2.71. The fourth-order valence-corrected chi connectivity index (χ4v) is 5.27. The lowest BCUT2D eigenvalue weighted by molar-refractivity contribution is 0.151. The normalized spacial score (nSPS) is 19.3. The molecule has 0 radical (unpaired) electrons. The topological polar surface area (TPSA) is 68.3 Å². The zero-order valence-corrected chi connectivity index (χ0v) is 17.8. The van der Waals surface area contributed by atoms with Crippen molar-refractivity contribution in [3.8, 4) is 11.5 Å². The Bertz CT molecular complexity index is 906. The van der Waals surface area contributed by atoms with E-state index in [2.05, 4.69) is 32.9 Å². The highest BCUT2D eigenvalue weighted by Gasteiger charge is 2.32. The van der Waals surface area contributed by atoms with E-state index in [1.807, 2.05) is 24.3 Å². The molecule has 26 heavy (non-hydrogen) atoms. The number of unbranched alkanes of at least 4 members (excludes halogenated alkanes) is 1. The Morgan fingerprint density at radius 3 is 2.73 bits per heavy atom. The number of hydrogen-bond acceptors (Lipinski definition) is 6. The Morgan fingerprint density at radius 1 is 1.38 bits per heavy atom. The van der Waals surface area contributed by atoms with Gasteiger partial charge in [0.1, 0.15) is 0 Å². The molecule has 2 heterocycles. The van der Waals surface area contributed by atoms with E-state index < -0.39 is 9.84 Å². The Hall–Kier alpha value is -1.03. The van der Waals surface area contributed by atoms with Gasteiger partial charge >= 0.3 is 0 Å². The van der Waals surface area contributed by atoms with Gasteiger partial charge in [-0.25, -0.2) is 13.1 Å². The lowest BCUT2D eigenvalue weighted by atomic mass is 10.2. The molecule has 1 aliphatic heterocycles. The largest absolute Gasteiger partial charge is 0.409 e. The van der Waals surface area contributed by atoms with Crippen LogP contribution in [-0.2, 0) is 16.5 Å². The van der Waals surface area contributed by atoms with Gasteiger partial charge in [0.25, 0.3) is 4.84 Å². The second kappa shape index (κ2) is 8.33. The monoisotopic (exact) mass is 459 g/mol. The van der Waals surface area contributed by atoms with Crippen LogP contribution in [0, 0.1) is 4.84 Å². The Kier molecular flexibility index (Phi) is 6.32. The summed E-state index contributed by atoms with van der Waals surface area (Å²) in [6.45, 7) is 3.38. The number of sulfone groups is 1. The molecule has 0 N–H and O–H groups in total. The van der Waals surface area contributed by atoms with Crippen molar-refractivity contribution in [3.63, 3.8) is 0 Å². The van der Waals surface area contributed by atoms with Crippen LogP contribution in [0.4, 0.5) is 0 Å². The van der Waals surface area contributed by atoms with Crippen molar-refractivity contribution >= 4 is 38.0 Å². The van der Waals surface area contributed by atoms with Crippen molar-refractivity contribution in [3.05, 3.63) is 33.6 Å². The van der Waals surface area contributed by atoms with Crippen molar-refractivity contribution in [1.82, 2.24) is 14.7 Å². The highest BCUT2D eigenvalue weighted by atomic mass is 79.9. The molecule has 1 aromatic heterocycles. The first kappa shape index (κ1) is 19.7. The van der Waals surface area contributed by atoms with Gasteiger partial charge in [0.05, 0.1) is 18.2 Å². The fraction of sp³-hybridized carbons (Fsp3) is 0.529. The summed E-state index contributed by atoms with van der Waals surface area (Å²) in [5.74, 6) is 0.938. The molecule has 2 aromatic rings. The standard InChI is InChI=1S/C17H22BrN3O3S2/c1-2-3-9-20(15-8-10-26(22,23)11-15)12-21-17(25)24-16(19-21)13-4-6-14(18)7-5-13/h4-7,15H,2-3,8-12H2,1H3/t15-/m0/s1. The predicted octanol–water partition coefficient (Wildman–Crippen LogP) is 3.88. The third-order valence-electron chi connectivity index (χ3n) is 4.54. The van der Waals surface area contributed by atoms with Crippen LogP contribution in [0.3, 0.4) is 0 Å². The van der Waals surface area contributed by atoms with E-state index in [9.17, 15) is 8.42 Å². The molecule has 0 bridgehead atoms. The van der Waals surface area contributed by atoms with Gasteiger partial charge in [-0.1, -0.05) is 29.3 Å². The van der Waals surface area contributed by atoms with Crippen LogP contribution in [0.15, 0.2) is 33.2 Å². The molecule has 0 saturated carbocycles. The van der Waals surface area contributed by atoms with Crippen molar-refractivity contribution in [2.24, 2.45) is 0 Å². The summed E-state index contributed by atoms with van der Waals surface area (Å²) in [5.41, 5.74) is 0.849. The molecular weight excluding hydrogens is 438 g/mol. The minimum absolute atomic E-state index is 0.0151. The van der Waals surface area contributed by atoms with Crippen molar-refractivity contribution in [1.29, 1.82) is 0 Å². The first-order valence-corrected chi connectivity index (χ1v) is 11.7. The maximum absolute atomic E-state index is 11.9. The molecule has 0 amide bonds. The van der Waals surface area contributed by atoms with Gasteiger partial charge in [-0.05, 0) is 49.3 Å². The number of hydrogen-bond donors (Lipinski definition) is 0. The minimum atomic E-state index is -2.94. The molecule has 6 nitrogen and oxygen atoms in total. The summed E-state index contributed by atoms with van der Waals surface area (Å²) in [6, 6.07) is 7.68. The van der Waals surface area contributed by atoms with Crippen molar-refractivity contribution in [2.75, 3.05) is 18.1 Å². The fourth-order valence-electron chi connectivity index (χ4n) is 3.07. The average molecular weight is 460 g/mol. The molecule has 0 aliphatic carbocycles. The van der Waals surface area contributed by atoms with E-state index >= 15 is 0 Å². The number of benzene rings is 1. The second-order valence-corrected chi connectivity index (χ2v) is 10.0. The summed E-state index contributed by atoms with van der Waals surface area (Å²) >= 11 is 8.74. The Labute approximate surface area is 167 Å². The molecule has 0 spiro atoms. The lowest BCUT2D eigenvalue weighted by Crippen LogP contribution is -2.38. The van der Waals surface area contributed by atoms with E-state index in [1.54, 1.807) is 4.68 Å². The molecule has 1 saturated heterocycles. The Balaban J connectivity index is 1.80. The highest BCUT2D eigenvalue weighted by molar-refractivity contribution is 9.10. The molecule has 0 unspecified atom stereocenters. The maximum Gasteiger partial charge on any atom is 0.288 e. The average Bonchev–Trinajstić information content (AvgIpc) is 3.14. The zero-order chi connectivity index (χ0) is 18.7. The highest BCUT2D eigenvalue weighted by Crippen LogP contribution is 2.22. The van der Waals surface area contributed by atoms with Crippen LogP contribution < -0.4 is 0 Å². The van der Waals surface area contributed by atoms with Crippen LogP contribution in [0.2, 0.25) is 0 Å². The first-order valence-electron chi connectivity index (χ1n) is 8.66. The second-order valence-electron chi connectivity index (χ2n) is 6.54. The smallest absolute Gasteiger partial charge is 0.288 e. The molecular formula is C17H22BrN3O3S2. The molecule has 142 valence electrons. The van der Waals surface area contributed by atoms with Crippen LogP contribution in [-0.4, -0.2) is 47.2 Å². The maximum atomic E-state index is 11.9. The van der Waals surface area contributed by atoms with E-state index in [-0.39, 0.29) is 17.5 Å². The van der Waals surface area contributed by atoms with Crippen LogP contribution in [0.25, 0.3) is 11.5 Å². The molecule has 1 fully saturated rings. The van der Waals surface area contributed by atoms with Crippen LogP contribution in [0.5, 0.6) is 0 Å². The van der Waals surface area contributed by atoms with Crippen molar-refractivity contribution < 1.29 is 12.8 Å². The lowest BCUT2D eigenvalue weighted by Gasteiger charge is -2.27. The Morgan fingerprint density at radius 2 is 2.12 bits per heavy atom. The van der Waals surface area contributed by atoms with E-state index in [4.69, 9.17) is 16.6 Å². The minimum Gasteiger partial charge on any atom is -0.409 e. The van der Waals surface area contributed by atoms with Gasteiger partial charge in [-0.3, -0.25) is 4.90 Å². The van der Waals surface area contributed by atoms with E-state index in [1.165, 1.54) is 0 Å². The number of aromatic nitrogens is 2. The van der Waals surface area contributed by atoms with Gasteiger partial charge in [0, 0.05) is 22.6 Å². The third kappa shape index (κ3) is 4.82. The van der Waals surface area contributed by atoms with Crippen molar-refractivity contribution in [2.45, 2.75) is 38.9 Å². The summed E-state index contributed by atoms with van der Waals surface area (Å²) in [4.78, 5) is 2.46. The van der Waals surface area contributed by atoms with Gasteiger partial charge in [0.15, 0.2) is 9.84 Å². The first-order chi connectivity index (χ1) is 12.4. The molecule has 3 rings (SSSR count). The summed E-state index contributed by atoms with van der Waals surface area (Å²) in [7, 11) is -2.94. The van der Waals surface area contributed by atoms with E-state index in [0.29, 0.717) is 23.8 Å². The number of rotatable bonds is 7. The molecule has 1 atom stereocenters. The van der Waals surface area contributed by atoms with Crippen LogP contribution >= 0.6 is 28.1 Å². The van der Waals surface area contributed by atoms with Crippen LogP contribution in [0.1, 0.15) is 26.2 Å². The zero-order valence-electron chi connectivity index (χ0n) is 14.6. The molecule has 1 aromatic carbocycles. The quantitative estimate of drug-likeness (QED) is 0.585. The number of nitrogens with zero attached hydrogens (tertiary/aromatic N) is 3. The molecule has 1 aliphatic rings. The van der Waals surface area contributed by atoms with Gasteiger partial charge in [-0.15, -0.1) is 5.10 Å². The predicted molar refractivity (Wildman–Crippen MR) is 107 cm³/mol. The third-order valence-corrected chi connectivity index (χ3v) is 7.11. The number of halogens is 1. The summed E-state index contributed by atoms with van der Waals surface area (Å²) in [5, 5.41) is 4.50. The van der Waals surface area contributed by atoms with E-state index in [0.717, 1.165) is 29.4 Å². The van der Waals surface area contributed by atoms with Gasteiger partial charge in [-0.2, -0.15) is 0 Å². The van der Waals surface area contributed by atoms with Gasteiger partial charge < -0.3 is 4.42 Å². The molecule has 9 heteroatoms.